The van der Waals surface area contributed by atoms with Gasteiger partial charge in [-0.3, -0.25) is 4.79 Å². The molecule has 108 valence electrons. The molecule has 0 bridgehead atoms. The maximum Gasteiger partial charge on any atom is 0.227 e. The minimum absolute atomic E-state index is 0.252. The molecule has 0 N–H and O–H groups in total. The van der Waals surface area contributed by atoms with Crippen molar-refractivity contribution in [2.45, 2.75) is 32.6 Å². The third-order valence-electron chi connectivity index (χ3n) is 4.29. The maximum atomic E-state index is 12.6. The second-order valence-corrected chi connectivity index (χ2v) is 6.63. The van der Waals surface area contributed by atoms with Gasteiger partial charge in [-0.2, -0.15) is 0 Å². The van der Waals surface area contributed by atoms with Crippen LogP contribution in [0.5, 0.6) is 0 Å². The molecular weight excluding hydrogens is 318 g/mol. The van der Waals surface area contributed by atoms with E-state index in [-0.39, 0.29) is 5.91 Å². The summed E-state index contributed by atoms with van der Waals surface area (Å²) in [5.41, 5.74) is 3.61. The van der Waals surface area contributed by atoms with Gasteiger partial charge in [0.1, 0.15) is 0 Å². The number of nitrogens with zero attached hydrogens (tertiary/aromatic N) is 1. The van der Waals surface area contributed by atoms with E-state index in [9.17, 15) is 4.79 Å². The predicted molar refractivity (Wildman–Crippen MR) is 83.1 cm³/mol. The van der Waals surface area contributed by atoms with E-state index in [1.54, 1.807) is 0 Å². The summed E-state index contributed by atoms with van der Waals surface area (Å²) in [7, 11) is 0. The predicted octanol–water partition coefficient (Wildman–Crippen LogP) is 3.46. The van der Waals surface area contributed by atoms with Gasteiger partial charge < -0.3 is 9.64 Å². The number of carbonyl (C=O) groups is 1. The first-order valence-electron chi connectivity index (χ1n) is 7.33. The van der Waals surface area contributed by atoms with E-state index in [1.165, 1.54) is 11.1 Å². The van der Waals surface area contributed by atoms with Crippen LogP contribution in [0.2, 0.25) is 0 Å². The number of hydrogen-bond acceptors (Lipinski definition) is 2. The van der Waals surface area contributed by atoms with Crippen LogP contribution in [0.3, 0.4) is 0 Å². The Morgan fingerprint density at radius 1 is 1.50 bits per heavy atom. The van der Waals surface area contributed by atoms with Gasteiger partial charge in [0.15, 0.2) is 0 Å². The third kappa shape index (κ3) is 2.63. The number of ether oxygens (including phenoxy) is 1. The lowest BCUT2D eigenvalue weighted by atomic mass is 9.96. The van der Waals surface area contributed by atoms with Crippen LogP contribution < -0.4 is 4.90 Å². The van der Waals surface area contributed by atoms with Gasteiger partial charge in [0.2, 0.25) is 5.91 Å². The molecule has 0 unspecified atom stereocenters. The van der Waals surface area contributed by atoms with Crippen LogP contribution in [0.4, 0.5) is 5.69 Å². The molecule has 2 aliphatic heterocycles. The van der Waals surface area contributed by atoms with Crippen LogP contribution in [0.1, 0.15) is 30.4 Å². The summed E-state index contributed by atoms with van der Waals surface area (Å²) in [6.07, 6.45) is 3.73. The summed E-state index contributed by atoms with van der Waals surface area (Å²) in [6, 6.07) is 4.18. The minimum atomic E-state index is 0.252. The Labute approximate surface area is 128 Å². The molecule has 1 aromatic rings. The van der Waals surface area contributed by atoms with Crippen LogP contribution >= 0.6 is 15.9 Å². The fourth-order valence-corrected chi connectivity index (χ4v) is 3.74. The highest BCUT2D eigenvalue weighted by molar-refractivity contribution is 9.10. The smallest absolute Gasteiger partial charge is 0.227 e. The zero-order valence-electron chi connectivity index (χ0n) is 11.8. The van der Waals surface area contributed by atoms with Gasteiger partial charge in [0.25, 0.3) is 0 Å². The number of rotatable bonds is 2. The van der Waals surface area contributed by atoms with E-state index in [0.717, 1.165) is 49.2 Å². The van der Waals surface area contributed by atoms with E-state index >= 15 is 0 Å². The number of hydrogen-bond donors (Lipinski definition) is 0. The molecule has 20 heavy (non-hydrogen) atoms. The number of carbonyl (C=O) groups excluding carboxylic acids is 1. The van der Waals surface area contributed by atoms with Gasteiger partial charge in [-0.05, 0) is 49.3 Å². The van der Waals surface area contributed by atoms with Crippen molar-refractivity contribution in [2.24, 2.45) is 5.92 Å². The van der Waals surface area contributed by atoms with Crippen LogP contribution in [0.15, 0.2) is 16.6 Å². The van der Waals surface area contributed by atoms with E-state index in [2.05, 4.69) is 35.0 Å². The highest BCUT2D eigenvalue weighted by atomic mass is 79.9. The molecule has 3 rings (SSSR count). The monoisotopic (exact) mass is 337 g/mol. The van der Waals surface area contributed by atoms with Crippen molar-refractivity contribution < 1.29 is 9.53 Å². The quantitative estimate of drug-likeness (QED) is 0.826. The molecule has 3 nitrogen and oxygen atoms in total. The minimum Gasteiger partial charge on any atom is -0.381 e. The molecule has 4 heteroatoms. The second-order valence-electron chi connectivity index (χ2n) is 5.77. The first kappa shape index (κ1) is 14.1. The van der Waals surface area contributed by atoms with Crippen LogP contribution in [-0.2, 0) is 16.0 Å². The van der Waals surface area contributed by atoms with Crippen molar-refractivity contribution in [1.29, 1.82) is 0 Å². The Morgan fingerprint density at radius 2 is 2.35 bits per heavy atom. The topological polar surface area (TPSA) is 29.5 Å². The first-order chi connectivity index (χ1) is 9.66. The van der Waals surface area contributed by atoms with Gasteiger partial charge in [-0.25, -0.2) is 0 Å². The number of anilines is 1. The SMILES string of the molecule is Cc1ccc(Br)c2c1N(C(=O)C[C@@H]1CCOC1)CCC2. The number of fused-ring (bicyclic) bond motifs is 1. The lowest BCUT2D eigenvalue weighted by Gasteiger charge is -2.32. The zero-order chi connectivity index (χ0) is 14.1. The Morgan fingerprint density at radius 3 is 3.10 bits per heavy atom. The summed E-state index contributed by atoms with van der Waals surface area (Å²) in [4.78, 5) is 14.6. The Kier molecular flexibility index (Phi) is 4.13. The number of amides is 1. The molecule has 2 heterocycles. The Balaban J connectivity index is 1.85. The van der Waals surface area contributed by atoms with E-state index in [0.29, 0.717) is 12.3 Å². The van der Waals surface area contributed by atoms with Gasteiger partial charge >= 0.3 is 0 Å². The molecule has 1 saturated heterocycles. The third-order valence-corrected chi connectivity index (χ3v) is 5.04. The normalized spacial score (nSPS) is 21.9. The fraction of sp³-hybridized carbons (Fsp3) is 0.562. The number of benzene rings is 1. The van der Waals surface area contributed by atoms with E-state index < -0.39 is 0 Å². The highest BCUT2D eigenvalue weighted by Gasteiger charge is 2.28. The van der Waals surface area contributed by atoms with Gasteiger partial charge in [0.05, 0.1) is 5.69 Å². The standard InChI is InChI=1S/C16H20BrNO2/c1-11-4-5-14(17)13-3-2-7-18(16(11)13)15(19)9-12-6-8-20-10-12/h4-5,12H,2-3,6-10H2,1H3/t12-/m0/s1. The summed E-state index contributed by atoms with van der Waals surface area (Å²) in [6.45, 7) is 4.48. The molecule has 0 aliphatic carbocycles. The summed E-state index contributed by atoms with van der Waals surface area (Å²) in [5, 5.41) is 0. The number of aryl methyl sites for hydroxylation is 1. The molecule has 0 spiro atoms. The van der Waals surface area contributed by atoms with E-state index in [4.69, 9.17) is 4.74 Å². The first-order valence-corrected chi connectivity index (χ1v) is 8.12. The van der Waals surface area contributed by atoms with Gasteiger partial charge in [-0.1, -0.05) is 22.0 Å². The van der Waals surface area contributed by atoms with Crippen LogP contribution in [-0.4, -0.2) is 25.7 Å². The Hall–Kier alpha value is -0.870. The van der Waals surface area contributed by atoms with Crippen molar-refractivity contribution in [3.63, 3.8) is 0 Å². The van der Waals surface area contributed by atoms with Crippen molar-refractivity contribution in [3.05, 3.63) is 27.7 Å². The summed E-state index contributed by atoms with van der Waals surface area (Å²) in [5.74, 6) is 0.656. The van der Waals surface area contributed by atoms with Crippen molar-refractivity contribution in [3.8, 4) is 0 Å². The fourth-order valence-electron chi connectivity index (χ4n) is 3.22. The van der Waals surface area contributed by atoms with Crippen molar-refractivity contribution in [1.82, 2.24) is 0 Å². The summed E-state index contributed by atoms with van der Waals surface area (Å²) >= 11 is 3.62. The van der Waals surface area contributed by atoms with E-state index in [1.807, 2.05) is 4.90 Å². The van der Waals surface area contributed by atoms with Gasteiger partial charge in [0, 0.05) is 30.7 Å². The molecule has 0 radical (unpaired) electrons. The summed E-state index contributed by atoms with van der Waals surface area (Å²) < 4.78 is 6.50. The molecule has 0 aromatic heterocycles. The zero-order valence-corrected chi connectivity index (χ0v) is 13.4. The van der Waals surface area contributed by atoms with Crippen molar-refractivity contribution in [2.75, 3.05) is 24.7 Å². The average molecular weight is 338 g/mol. The molecule has 2 aliphatic rings. The molecular formula is C16H20BrNO2. The molecule has 1 atom stereocenters. The average Bonchev–Trinajstić information content (AvgIpc) is 2.95. The highest BCUT2D eigenvalue weighted by Crippen LogP contribution is 2.36. The molecule has 0 saturated carbocycles. The van der Waals surface area contributed by atoms with Crippen LogP contribution in [0, 0.1) is 12.8 Å². The Bertz CT molecular complexity index is 523. The lowest BCUT2D eigenvalue weighted by Crippen LogP contribution is -2.37. The van der Waals surface area contributed by atoms with Crippen molar-refractivity contribution >= 4 is 27.5 Å². The molecule has 1 aromatic carbocycles. The maximum absolute atomic E-state index is 12.6. The van der Waals surface area contributed by atoms with Crippen LogP contribution in [0.25, 0.3) is 0 Å². The molecule has 1 fully saturated rings. The second kappa shape index (κ2) is 5.86. The lowest BCUT2D eigenvalue weighted by molar-refractivity contribution is -0.119. The number of halogens is 1. The molecule has 1 amide bonds. The van der Waals surface area contributed by atoms with Gasteiger partial charge in [-0.15, -0.1) is 0 Å². The largest absolute Gasteiger partial charge is 0.381 e.